The predicted molar refractivity (Wildman–Crippen MR) is 41.3 cm³/mol. The molecule has 1 aromatic rings. The second-order valence-electron chi connectivity index (χ2n) is 1.29. The van der Waals surface area contributed by atoms with Crippen molar-refractivity contribution in [3.05, 3.63) is 28.7 Å². The molecule has 0 atom stereocenters. The highest BCUT2D eigenvalue weighted by molar-refractivity contribution is 9.10. The summed E-state index contributed by atoms with van der Waals surface area (Å²) < 4.78 is 12.7. The number of nitrogens with zero attached hydrogens (tertiary/aromatic N) is 1. The quantitative estimate of drug-likeness (QED) is 0.647. The van der Waals surface area contributed by atoms with Crippen molar-refractivity contribution in [2.24, 2.45) is 0 Å². The van der Waals surface area contributed by atoms with Crippen LogP contribution in [0.2, 0.25) is 0 Å². The fourth-order valence-corrected chi connectivity index (χ4v) is 0.579. The molecule has 0 radical (unpaired) electrons. The number of pyridine rings is 1. The summed E-state index contributed by atoms with van der Waals surface area (Å²) in [6, 6.07) is 1.55. The first-order valence-corrected chi connectivity index (χ1v) is 2.85. The van der Waals surface area contributed by atoms with E-state index >= 15 is 0 Å². The summed E-state index contributed by atoms with van der Waals surface area (Å²) in [5.41, 5.74) is 0. The van der Waals surface area contributed by atoms with Crippen LogP contribution in [0.1, 0.15) is 1.43 Å². The lowest BCUT2D eigenvalue weighted by atomic mass is 10.5. The Kier molecular flexibility index (Phi) is 3.73. The standard InChI is InChI=1S/C5H3BrFN.ClH.H2/c6-4-1-2-8-3-5(4)7;;/h1-3H;2*1H. The number of halogens is 3. The zero-order chi connectivity index (χ0) is 5.98. The SMILES string of the molecule is Cl.Fc1cnccc1Br.[HH]. The molecule has 0 saturated carbocycles. The molecule has 0 amide bonds. The van der Waals surface area contributed by atoms with Crippen molar-refractivity contribution in [1.29, 1.82) is 0 Å². The molecule has 52 valence electrons. The second-order valence-corrected chi connectivity index (χ2v) is 2.14. The van der Waals surface area contributed by atoms with Gasteiger partial charge in [-0.3, -0.25) is 4.98 Å². The highest BCUT2D eigenvalue weighted by atomic mass is 79.9. The third-order valence-electron chi connectivity index (χ3n) is 0.723. The van der Waals surface area contributed by atoms with E-state index in [1.807, 2.05) is 0 Å². The maximum Gasteiger partial charge on any atom is 0.155 e. The minimum absolute atomic E-state index is 0. The van der Waals surface area contributed by atoms with Gasteiger partial charge >= 0.3 is 0 Å². The van der Waals surface area contributed by atoms with Crippen molar-refractivity contribution < 1.29 is 5.82 Å². The van der Waals surface area contributed by atoms with E-state index in [4.69, 9.17) is 0 Å². The fraction of sp³-hybridized carbons (Fsp3) is 0. The molecule has 0 aliphatic heterocycles. The molecule has 1 heterocycles. The summed E-state index contributed by atoms with van der Waals surface area (Å²) >= 11 is 2.98. The summed E-state index contributed by atoms with van der Waals surface area (Å²) in [5, 5.41) is 0. The van der Waals surface area contributed by atoms with Gasteiger partial charge in [-0.25, -0.2) is 4.39 Å². The molecule has 4 heteroatoms. The molecule has 0 fully saturated rings. The van der Waals surface area contributed by atoms with Gasteiger partial charge in [0.2, 0.25) is 0 Å². The lowest BCUT2D eigenvalue weighted by Gasteiger charge is -1.86. The molecule has 1 nitrogen and oxygen atoms in total. The van der Waals surface area contributed by atoms with Crippen molar-refractivity contribution in [3.63, 3.8) is 0 Å². The number of hydrogen-bond donors (Lipinski definition) is 0. The van der Waals surface area contributed by atoms with E-state index in [2.05, 4.69) is 20.9 Å². The highest BCUT2D eigenvalue weighted by Gasteiger charge is 1.92. The van der Waals surface area contributed by atoms with Gasteiger partial charge in [0.15, 0.2) is 5.82 Å². The Balaban J connectivity index is 0. The van der Waals surface area contributed by atoms with Crippen molar-refractivity contribution in [3.8, 4) is 0 Å². The van der Waals surface area contributed by atoms with Crippen LogP contribution < -0.4 is 0 Å². The molecule has 0 spiro atoms. The van der Waals surface area contributed by atoms with Gasteiger partial charge in [-0.05, 0) is 22.0 Å². The number of aromatic nitrogens is 1. The van der Waals surface area contributed by atoms with Crippen molar-refractivity contribution in [2.75, 3.05) is 0 Å². The van der Waals surface area contributed by atoms with Crippen molar-refractivity contribution >= 4 is 28.3 Å². The van der Waals surface area contributed by atoms with Crippen LogP contribution >= 0.6 is 28.3 Å². The molecule has 0 aromatic carbocycles. The number of hydrogen-bond acceptors (Lipinski definition) is 1. The van der Waals surface area contributed by atoms with E-state index < -0.39 is 0 Å². The van der Waals surface area contributed by atoms with Crippen LogP contribution in [0.25, 0.3) is 0 Å². The van der Waals surface area contributed by atoms with Crippen LogP contribution in [0, 0.1) is 5.82 Å². The van der Waals surface area contributed by atoms with E-state index in [1.165, 1.54) is 6.20 Å². The van der Waals surface area contributed by atoms with Crippen LogP contribution in [-0.4, -0.2) is 4.98 Å². The second kappa shape index (κ2) is 3.80. The number of rotatable bonds is 0. The Morgan fingerprint density at radius 2 is 2.33 bits per heavy atom. The topological polar surface area (TPSA) is 12.9 Å². The van der Waals surface area contributed by atoms with Gasteiger partial charge in [0.1, 0.15) is 0 Å². The van der Waals surface area contributed by atoms with E-state index in [0.29, 0.717) is 4.47 Å². The lowest BCUT2D eigenvalue weighted by Crippen LogP contribution is -1.75. The first-order valence-electron chi connectivity index (χ1n) is 2.06. The van der Waals surface area contributed by atoms with Gasteiger partial charge in [0.05, 0.1) is 10.7 Å². The molecule has 0 N–H and O–H groups in total. The lowest BCUT2D eigenvalue weighted by molar-refractivity contribution is 0.614. The van der Waals surface area contributed by atoms with Crippen LogP contribution in [0.5, 0.6) is 0 Å². The van der Waals surface area contributed by atoms with Crippen molar-refractivity contribution in [2.45, 2.75) is 0 Å². The average Bonchev–Trinajstić information content (AvgIpc) is 1.77. The van der Waals surface area contributed by atoms with Crippen LogP contribution in [-0.2, 0) is 0 Å². The maximum atomic E-state index is 12.2. The molecule has 0 unspecified atom stereocenters. The predicted octanol–water partition coefficient (Wildman–Crippen LogP) is 2.65. The molecule has 0 aliphatic rings. The molecule has 1 rings (SSSR count). The fourth-order valence-electron chi connectivity index (χ4n) is 0.358. The van der Waals surface area contributed by atoms with E-state index in [1.54, 1.807) is 6.07 Å². The zero-order valence-electron chi connectivity index (χ0n) is 4.34. The molecule has 0 bridgehead atoms. The zero-order valence-corrected chi connectivity index (χ0v) is 6.75. The Morgan fingerprint density at radius 1 is 1.67 bits per heavy atom. The third-order valence-corrected chi connectivity index (χ3v) is 1.37. The first-order chi connectivity index (χ1) is 3.80. The smallest absolute Gasteiger partial charge is 0.155 e. The van der Waals surface area contributed by atoms with Gasteiger partial charge in [0.25, 0.3) is 0 Å². The van der Waals surface area contributed by atoms with Gasteiger partial charge in [-0.15, -0.1) is 12.4 Å². The van der Waals surface area contributed by atoms with Gasteiger partial charge in [0, 0.05) is 7.62 Å². The molecular weight excluding hydrogens is 208 g/mol. The van der Waals surface area contributed by atoms with Crippen LogP contribution in [0.15, 0.2) is 22.9 Å². The Morgan fingerprint density at radius 3 is 2.67 bits per heavy atom. The molecule has 1 aromatic heterocycles. The molecular formula is C5H6BrClFN. The summed E-state index contributed by atoms with van der Waals surface area (Å²) in [5.74, 6) is -0.326. The minimum atomic E-state index is -0.326. The van der Waals surface area contributed by atoms with Gasteiger partial charge < -0.3 is 0 Å². The van der Waals surface area contributed by atoms with E-state index in [0.717, 1.165) is 6.20 Å². The monoisotopic (exact) mass is 213 g/mol. The summed E-state index contributed by atoms with van der Waals surface area (Å²) in [4.78, 5) is 3.54. The Labute approximate surface area is 68.3 Å². The van der Waals surface area contributed by atoms with Crippen molar-refractivity contribution in [1.82, 2.24) is 4.98 Å². The molecule has 0 aliphatic carbocycles. The summed E-state index contributed by atoms with van der Waals surface area (Å²) in [6.45, 7) is 0. The van der Waals surface area contributed by atoms with Gasteiger partial charge in [-0.2, -0.15) is 0 Å². The summed E-state index contributed by atoms with van der Waals surface area (Å²) in [7, 11) is 0. The van der Waals surface area contributed by atoms with Crippen LogP contribution in [0.4, 0.5) is 4.39 Å². The molecule has 9 heavy (non-hydrogen) atoms. The first kappa shape index (κ1) is 8.85. The molecule has 0 saturated heterocycles. The Bertz CT molecular complexity index is 178. The minimum Gasteiger partial charge on any atom is -0.262 e. The maximum absolute atomic E-state index is 12.2. The largest absolute Gasteiger partial charge is 0.262 e. The third kappa shape index (κ3) is 2.28. The summed E-state index contributed by atoms with van der Waals surface area (Å²) in [6.07, 6.45) is 2.68. The Hall–Kier alpha value is -0.150. The normalized spacial score (nSPS) is 8.22. The van der Waals surface area contributed by atoms with E-state index in [9.17, 15) is 4.39 Å². The van der Waals surface area contributed by atoms with Crippen LogP contribution in [0.3, 0.4) is 0 Å². The van der Waals surface area contributed by atoms with E-state index in [-0.39, 0.29) is 19.7 Å². The average molecular weight is 214 g/mol. The highest BCUT2D eigenvalue weighted by Crippen LogP contribution is 2.10. The van der Waals surface area contributed by atoms with Gasteiger partial charge in [-0.1, -0.05) is 0 Å².